The van der Waals surface area contributed by atoms with Gasteiger partial charge in [0.05, 0.1) is 39.5 Å². The summed E-state index contributed by atoms with van der Waals surface area (Å²) in [6.07, 6.45) is -0.110. The monoisotopic (exact) mass is 523 g/mol. The number of methoxy groups -OCH3 is 2. The Morgan fingerprint density at radius 2 is 1.74 bits per heavy atom. The molecule has 2 aliphatic heterocycles. The molecule has 35 heavy (non-hydrogen) atoms. The number of benzene rings is 2. The average Bonchev–Trinajstić information content (AvgIpc) is 3.13. The number of hydrogen-bond donors (Lipinski definition) is 1. The van der Waals surface area contributed by atoms with Crippen molar-refractivity contribution in [2.45, 2.75) is 24.3 Å². The Hall–Kier alpha value is -2.86. The number of carbonyl (C=O) groups is 2. The van der Waals surface area contributed by atoms with Gasteiger partial charge >= 0.3 is 0 Å². The summed E-state index contributed by atoms with van der Waals surface area (Å²) in [5.41, 5.74) is 1.36. The summed E-state index contributed by atoms with van der Waals surface area (Å²) in [5, 5.41) is 3.46. The number of nitrogens with zero attached hydrogens (tertiary/aromatic N) is 2. The molecule has 10 nitrogen and oxygen atoms in total. The summed E-state index contributed by atoms with van der Waals surface area (Å²) in [6, 6.07) is 6.82. The van der Waals surface area contributed by atoms with E-state index in [4.69, 9.17) is 25.8 Å². The highest BCUT2D eigenvalue weighted by Gasteiger charge is 2.41. The molecule has 188 valence electrons. The van der Waals surface area contributed by atoms with Crippen LogP contribution in [-0.4, -0.2) is 71.1 Å². The van der Waals surface area contributed by atoms with Gasteiger partial charge in [-0.1, -0.05) is 11.6 Å². The Bertz CT molecular complexity index is 1260. The molecule has 2 aliphatic rings. The number of carbonyl (C=O) groups excluding carboxylic acids is 2. The molecule has 2 aromatic rings. The number of ether oxygens (including phenoxy) is 3. The van der Waals surface area contributed by atoms with Gasteiger partial charge in [0.2, 0.25) is 15.9 Å². The van der Waals surface area contributed by atoms with Crippen LogP contribution in [0.15, 0.2) is 35.2 Å². The highest BCUT2D eigenvalue weighted by atomic mass is 35.5. The molecule has 2 amide bonds. The molecule has 1 N–H and O–H groups in total. The molecule has 4 rings (SSSR count). The number of anilines is 2. The highest BCUT2D eigenvalue weighted by molar-refractivity contribution is 7.89. The number of halogens is 1. The van der Waals surface area contributed by atoms with Crippen LogP contribution < -0.4 is 19.7 Å². The summed E-state index contributed by atoms with van der Waals surface area (Å²) in [6.45, 7) is 2.84. The van der Waals surface area contributed by atoms with E-state index < -0.39 is 27.9 Å². The number of hydrogen-bond acceptors (Lipinski definition) is 8. The molecular formula is C23H26ClN3O7S. The minimum absolute atomic E-state index is 0.0319. The largest absolute Gasteiger partial charge is 0.495 e. The zero-order chi connectivity index (χ0) is 25.3. The third-order valence-corrected chi connectivity index (χ3v) is 8.27. The van der Waals surface area contributed by atoms with Crippen molar-refractivity contribution in [2.75, 3.05) is 50.7 Å². The van der Waals surface area contributed by atoms with Crippen LogP contribution in [0.5, 0.6) is 11.5 Å². The number of aryl methyl sites for hydroxylation is 1. The van der Waals surface area contributed by atoms with Crippen molar-refractivity contribution >= 4 is 44.8 Å². The van der Waals surface area contributed by atoms with Crippen molar-refractivity contribution in [3.63, 3.8) is 0 Å². The fourth-order valence-corrected chi connectivity index (χ4v) is 5.82. The van der Waals surface area contributed by atoms with Gasteiger partial charge < -0.3 is 19.5 Å². The first-order valence-corrected chi connectivity index (χ1v) is 12.7. The number of sulfonamides is 1. The molecule has 0 bridgehead atoms. The lowest BCUT2D eigenvalue weighted by atomic mass is 10.2. The van der Waals surface area contributed by atoms with Crippen molar-refractivity contribution in [3.05, 3.63) is 40.9 Å². The first kappa shape index (κ1) is 25.2. The van der Waals surface area contributed by atoms with E-state index in [0.717, 1.165) is 4.90 Å². The molecule has 1 atom stereocenters. The van der Waals surface area contributed by atoms with E-state index in [1.54, 1.807) is 25.1 Å². The van der Waals surface area contributed by atoms with E-state index in [9.17, 15) is 18.0 Å². The standard InChI is InChI=1S/C23H26ClN3O7S/c1-14-10-18(20(33-3)12-16(14)24)27-22(28)13-17(23(27)29)25-15-4-5-19(32-2)21(11-15)35(30,31)26-6-8-34-9-7-26/h4-5,10-12,17,25H,6-9,13H2,1-3H3/t17-/m0/s1. The van der Waals surface area contributed by atoms with E-state index in [-0.39, 0.29) is 30.2 Å². The molecule has 0 radical (unpaired) electrons. The van der Waals surface area contributed by atoms with Crippen molar-refractivity contribution < 1.29 is 32.2 Å². The van der Waals surface area contributed by atoms with E-state index in [1.807, 2.05) is 0 Å². The number of morpholine rings is 1. The predicted octanol–water partition coefficient (Wildman–Crippen LogP) is 2.43. The lowest BCUT2D eigenvalue weighted by Crippen LogP contribution is -2.40. The van der Waals surface area contributed by atoms with Gasteiger partial charge in [-0.15, -0.1) is 0 Å². The van der Waals surface area contributed by atoms with E-state index >= 15 is 0 Å². The maximum Gasteiger partial charge on any atom is 0.256 e. The minimum atomic E-state index is -3.86. The Labute approximate surface area is 208 Å². The summed E-state index contributed by atoms with van der Waals surface area (Å²) in [5.74, 6) is -0.421. The smallest absolute Gasteiger partial charge is 0.256 e. The first-order chi connectivity index (χ1) is 16.7. The Morgan fingerprint density at radius 3 is 2.40 bits per heavy atom. The lowest BCUT2D eigenvalue weighted by molar-refractivity contribution is -0.121. The zero-order valence-electron chi connectivity index (χ0n) is 19.5. The topological polar surface area (TPSA) is 114 Å². The molecule has 2 aromatic carbocycles. The summed E-state index contributed by atoms with van der Waals surface area (Å²) in [7, 11) is -1.04. The van der Waals surface area contributed by atoms with Gasteiger partial charge in [-0.3, -0.25) is 9.59 Å². The van der Waals surface area contributed by atoms with E-state index in [2.05, 4.69) is 5.32 Å². The van der Waals surface area contributed by atoms with Crippen molar-refractivity contribution in [2.24, 2.45) is 0 Å². The molecule has 0 aromatic heterocycles. The highest BCUT2D eigenvalue weighted by Crippen LogP contribution is 2.37. The SMILES string of the molecule is COc1cc(Cl)c(C)cc1N1C(=O)C[C@H](Nc2ccc(OC)c(S(=O)(=O)N3CCOCC3)c2)C1=O. The van der Waals surface area contributed by atoms with Crippen LogP contribution in [0.3, 0.4) is 0 Å². The molecule has 0 aliphatic carbocycles. The van der Waals surface area contributed by atoms with Gasteiger partial charge in [-0.05, 0) is 36.8 Å². The Morgan fingerprint density at radius 1 is 1.06 bits per heavy atom. The molecular weight excluding hydrogens is 498 g/mol. The second-order valence-electron chi connectivity index (χ2n) is 8.12. The number of amides is 2. The van der Waals surface area contributed by atoms with Gasteiger partial charge in [-0.25, -0.2) is 13.3 Å². The second-order valence-corrected chi connectivity index (χ2v) is 10.4. The average molecular weight is 524 g/mol. The van der Waals surface area contributed by atoms with Crippen LogP contribution in [0.25, 0.3) is 0 Å². The van der Waals surface area contributed by atoms with Crippen LogP contribution in [-0.2, 0) is 24.3 Å². The molecule has 0 saturated carbocycles. The minimum Gasteiger partial charge on any atom is -0.495 e. The van der Waals surface area contributed by atoms with Crippen LogP contribution in [0, 0.1) is 6.92 Å². The third-order valence-electron chi connectivity index (χ3n) is 5.94. The van der Waals surface area contributed by atoms with Gasteiger partial charge in [0.1, 0.15) is 22.4 Å². The van der Waals surface area contributed by atoms with E-state index in [0.29, 0.717) is 40.9 Å². The lowest BCUT2D eigenvalue weighted by Gasteiger charge is -2.27. The molecule has 2 saturated heterocycles. The van der Waals surface area contributed by atoms with Crippen molar-refractivity contribution in [1.29, 1.82) is 0 Å². The van der Waals surface area contributed by atoms with Crippen LogP contribution in [0.2, 0.25) is 5.02 Å². The van der Waals surface area contributed by atoms with E-state index in [1.165, 1.54) is 30.7 Å². The van der Waals surface area contributed by atoms with Crippen molar-refractivity contribution in [3.8, 4) is 11.5 Å². The molecule has 2 heterocycles. The van der Waals surface area contributed by atoms with Gasteiger partial charge in [0.15, 0.2) is 0 Å². The summed E-state index contributed by atoms with van der Waals surface area (Å²) < 4.78 is 43.7. The van der Waals surface area contributed by atoms with Crippen LogP contribution in [0.4, 0.5) is 11.4 Å². The summed E-state index contributed by atoms with van der Waals surface area (Å²) in [4.78, 5) is 27.1. The zero-order valence-corrected chi connectivity index (χ0v) is 21.1. The summed E-state index contributed by atoms with van der Waals surface area (Å²) >= 11 is 6.16. The maximum absolute atomic E-state index is 13.2. The third kappa shape index (κ3) is 4.81. The fraction of sp³-hybridized carbons (Fsp3) is 0.391. The number of nitrogens with one attached hydrogen (secondary N) is 1. The van der Waals surface area contributed by atoms with Crippen LogP contribution >= 0.6 is 11.6 Å². The van der Waals surface area contributed by atoms with Gasteiger partial charge in [0.25, 0.3) is 5.91 Å². The van der Waals surface area contributed by atoms with Gasteiger partial charge in [-0.2, -0.15) is 4.31 Å². The normalized spacial score (nSPS) is 19.2. The quantitative estimate of drug-likeness (QED) is 0.550. The van der Waals surface area contributed by atoms with Gasteiger partial charge in [0, 0.05) is 29.9 Å². The second kappa shape index (κ2) is 10.0. The Kier molecular flexibility index (Phi) is 7.22. The maximum atomic E-state index is 13.2. The molecule has 0 spiro atoms. The molecule has 0 unspecified atom stereocenters. The molecule has 12 heteroatoms. The van der Waals surface area contributed by atoms with Crippen LogP contribution in [0.1, 0.15) is 12.0 Å². The molecule has 2 fully saturated rings. The van der Waals surface area contributed by atoms with Crippen molar-refractivity contribution in [1.82, 2.24) is 4.31 Å². The predicted molar refractivity (Wildman–Crippen MR) is 130 cm³/mol. The number of rotatable bonds is 7. The number of imide groups is 1. The Balaban J connectivity index is 1.62. The first-order valence-electron chi connectivity index (χ1n) is 10.9. The fourth-order valence-electron chi connectivity index (χ4n) is 4.08.